The first-order valence-corrected chi connectivity index (χ1v) is 8.41. The maximum absolute atomic E-state index is 13.5. The molecule has 0 heterocycles. The zero-order chi connectivity index (χ0) is 14.8. The molecule has 0 aromatic heterocycles. The summed E-state index contributed by atoms with van der Waals surface area (Å²) in [7, 11) is -5.48. The monoisotopic (exact) mass is 312 g/mol. The zero-order valence-electron chi connectivity index (χ0n) is 10.3. The van der Waals surface area contributed by atoms with Crippen molar-refractivity contribution in [2.75, 3.05) is 17.7 Å². The molecule has 0 bridgehead atoms. The van der Waals surface area contributed by atoms with E-state index in [1.165, 1.54) is 13.2 Å². The Labute approximate surface area is 112 Å². The summed E-state index contributed by atoms with van der Waals surface area (Å²) in [5.74, 6) is -2.77. The maximum Gasteiger partial charge on any atom is 0.243 e. The van der Waals surface area contributed by atoms with Crippen LogP contribution in [0, 0.1) is 11.6 Å². The van der Waals surface area contributed by atoms with Gasteiger partial charge in [-0.3, -0.25) is 4.21 Å². The minimum absolute atomic E-state index is 0.0612. The van der Waals surface area contributed by atoms with Crippen LogP contribution in [0.1, 0.15) is 6.92 Å². The second-order valence-corrected chi connectivity index (χ2v) is 7.24. The highest BCUT2D eigenvalue weighted by molar-refractivity contribution is 7.89. The molecule has 0 fully saturated rings. The summed E-state index contributed by atoms with van der Waals surface area (Å²) >= 11 is 0. The second kappa shape index (κ2) is 5.93. The molecule has 0 radical (unpaired) electrons. The molecular weight excluding hydrogens is 298 g/mol. The van der Waals surface area contributed by atoms with E-state index in [-0.39, 0.29) is 11.4 Å². The number of anilines is 1. The Balaban J connectivity index is 3.11. The SMILES string of the molecule is CC(CS(C)=O)NS(=O)(=O)c1cc(N)cc(F)c1F. The molecule has 19 heavy (non-hydrogen) atoms. The van der Waals surface area contributed by atoms with Crippen LogP contribution in [0.3, 0.4) is 0 Å². The van der Waals surface area contributed by atoms with Gasteiger partial charge in [0, 0.05) is 34.5 Å². The van der Waals surface area contributed by atoms with Crippen molar-refractivity contribution in [2.45, 2.75) is 17.9 Å². The van der Waals surface area contributed by atoms with Crippen LogP contribution in [0.25, 0.3) is 0 Å². The molecule has 5 nitrogen and oxygen atoms in total. The Bertz CT molecular complexity index is 605. The van der Waals surface area contributed by atoms with E-state index in [1.807, 2.05) is 0 Å². The van der Waals surface area contributed by atoms with Gasteiger partial charge >= 0.3 is 0 Å². The third-order valence-corrected chi connectivity index (χ3v) is 4.71. The number of sulfonamides is 1. The van der Waals surface area contributed by atoms with Crippen molar-refractivity contribution in [3.63, 3.8) is 0 Å². The smallest absolute Gasteiger partial charge is 0.243 e. The number of nitrogens with two attached hydrogens (primary N) is 1. The topological polar surface area (TPSA) is 89.3 Å². The van der Waals surface area contributed by atoms with Gasteiger partial charge in [0.25, 0.3) is 0 Å². The Morgan fingerprint density at radius 2 is 2.00 bits per heavy atom. The van der Waals surface area contributed by atoms with Crippen LogP contribution in [0.15, 0.2) is 17.0 Å². The summed E-state index contributed by atoms with van der Waals surface area (Å²) in [6.07, 6.45) is 1.41. The molecule has 2 atom stereocenters. The van der Waals surface area contributed by atoms with E-state index in [2.05, 4.69) is 4.72 Å². The number of hydrogen-bond donors (Lipinski definition) is 2. The van der Waals surface area contributed by atoms with Crippen LogP contribution in [0.5, 0.6) is 0 Å². The van der Waals surface area contributed by atoms with Gasteiger partial charge in [-0.15, -0.1) is 0 Å². The van der Waals surface area contributed by atoms with Gasteiger partial charge < -0.3 is 5.73 Å². The van der Waals surface area contributed by atoms with E-state index in [4.69, 9.17) is 5.73 Å². The van der Waals surface area contributed by atoms with Crippen LogP contribution >= 0.6 is 0 Å². The third-order valence-electron chi connectivity index (χ3n) is 2.15. The summed E-state index contributed by atoms with van der Waals surface area (Å²) in [6, 6.07) is 0.842. The van der Waals surface area contributed by atoms with E-state index in [9.17, 15) is 21.4 Å². The molecule has 0 aliphatic rings. The molecule has 2 unspecified atom stereocenters. The van der Waals surface area contributed by atoms with Gasteiger partial charge in [0.2, 0.25) is 10.0 Å². The molecule has 1 aromatic carbocycles. The van der Waals surface area contributed by atoms with E-state index >= 15 is 0 Å². The lowest BCUT2D eigenvalue weighted by Crippen LogP contribution is -2.36. The molecule has 9 heteroatoms. The number of rotatable bonds is 5. The minimum atomic E-state index is -4.26. The van der Waals surface area contributed by atoms with Gasteiger partial charge in [0.05, 0.1) is 0 Å². The van der Waals surface area contributed by atoms with Gasteiger partial charge in [-0.05, 0) is 19.1 Å². The summed E-state index contributed by atoms with van der Waals surface area (Å²) in [4.78, 5) is -0.862. The normalized spacial score (nSPS) is 15.2. The number of nitrogen functional groups attached to an aromatic ring is 1. The molecule has 0 aliphatic carbocycles. The summed E-state index contributed by atoms with van der Waals surface area (Å²) in [5, 5.41) is 0. The lowest BCUT2D eigenvalue weighted by atomic mass is 10.3. The Kier molecular flexibility index (Phi) is 4.99. The third kappa shape index (κ3) is 4.22. The Hall–Kier alpha value is -1.06. The zero-order valence-corrected chi connectivity index (χ0v) is 11.9. The molecule has 108 valence electrons. The number of hydrogen-bond acceptors (Lipinski definition) is 4. The predicted octanol–water partition coefficient (Wildman–Crippen LogP) is 0.592. The Morgan fingerprint density at radius 3 is 2.53 bits per heavy atom. The number of nitrogens with one attached hydrogen (secondary N) is 1. The first-order chi connectivity index (χ1) is 8.63. The summed E-state index contributed by atoms with van der Waals surface area (Å²) < 4.78 is 63.4. The molecule has 0 saturated heterocycles. The average Bonchev–Trinajstić information content (AvgIpc) is 2.20. The van der Waals surface area contributed by atoms with Crippen LogP contribution in [-0.4, -0.2) is 30.7 Å². The average molecular weight is 312 g/mol. The quantitative estimate of drug-likeness (QED) is 0.779. The van der Waals surface area contributed by atoms with Crippen LogP contribution in [0.2, 0.25) is 0 Å². The van der Waals surface area contributed by atoms with E-state index in [0.717, 1.165) is 6.07 Å². The fraction of sp³-hybridized carbons (Fsp3) is 0.400. The standard InChI is InChI=1S/C10H14F2N2O3S2/c1-6(5-18(2)15)14-19(16,17)9-4-7(13)3-8(11)10(9)12/h3-4,6,14H,5,13H2,1-2H3. The van der Waals surface area contributed by atoms with Crippen molar-refractivity contribution in [3.05, 3.63) is 23.8 Å². The fourth-order valence-electron chi connectivity index (χ4n) is 1.49. The van der Waals surface area contributed by atoms with Crippen molar-refractivity contribution >= 4 is 26.5 Å². The van der Waals surface area contributed by atoms with Crippen molar-refractivity contribution in [1.29, 1.82) is 0 Å². The molecular formula is C10H14F2N2O3S2. The maximum atomic E-state index is 13.5. The lowest BCUT2D eigenvalue weighted by Gasteiger charge is -2.14. The molecule has 1 rings (SSSR count). The molecule has 0 spiro atoms. The van der Waals surface area contributed by atoms with Gasteiger partial charge in [-0.25, -0.2) is 21.9 Å². The van der Waals surface area contributed by atoms with Gasteiger partial charge in [0.1, 0.15) is 4.90 Å². The molecule has 3 N–H and O–H groups in total. The van der Waals surface area contributed by atoms with E-state index in [0.29, 0.717) is 6.07 Å². The Morgan fingerprint density at radius 1 is 1.42 bits per heavy atom. The van der Waals surface area contributed by atoms with Crippen LogP contribution < -0.4 is 10.5 Å². The highest BCUT2D eigenvalue weighted by Gasteiger charge is 2.24. The lowest BCUT2D eigenvalue weighted by molar-refractivity contribution is 0.482. The van der Waals surface area contributed by atoms with Crippen molar-refractivity contribution in [1.82, 2.24) is 4.72 Å². The van der Waals surface area contributed by atoms with Gasteiger partial charge in [0.15, 0.2) is 11.6 Å². The highest BCUT2D eigenvalue weighted by atomic mass is 32.2. The van der Waals surface area contributed by atoms with Gasteiger partial charge in [-0.2, -0.15) is 0 Å². The summed E-state index contributed by atoms with van der Waals surface area (Å²) in [5.41, 5.74) is 5.09. The largest absolute Gasteiger partial charge is 0.399 e. The number of halogens is 2. The van der Waals surface area contributed by atoms with E-state index in [1.54, 1.807) is 0 Å². The molecule has 0 saturated carbocycles. The summed E-state index contributed by atoms with van der Waals surface area (Å²) in [6.45, 7) is 1.47. The first-order valence-electron chi connectivity index (χ1n) is 5.20. The van der Waals surface area contributed by atoms with Crippen LogP contribution in [0.4, 0.5) is 14.5 Å². The van der Waals surface area contributed by atoms with Crippen LogP contribution in [-0.2, 0) is 20.8 Å². The molecule has 1 aromatic rings. The molecule has 0 aliphatic heterocycles. The molecule has 0 amide bonds. The minimum Gasteiger partial charge on any atom is -0.399 e. The fourth-order valence-corrected chi connectivity index (χ4v) is 3.75. The van der Waals surface area contributed by atoms with E-state index < -0.39 is 43.4 Å². The van der Waals surface area contributed by atoms with Crippen molar-refractivity contribution in [2.24, 2.45) is 0 Å². The first kappa shape index (κ1) is 16.0. The highest BCUT2D eigenvalue weighted by Crippen LogP contribution is 2.21. The van der Waals surface area contributed by atoms with Crippen molar-refractivity contribution < 1.29 is 21.4 Å². The second-order valence-electron chi connectivity index (χ2n) is 4.08. The van der Waals surface area contributed by atoms with Gasteiger partial charge in [-0.1, -0.05) is 0 Å². The predicted molar refractivity (Wildman–Crippen MR) is 69.5 cm³/mol. The van der Waals surface area contributed by atoms with Crippen molar-refractivity contribution in [3.8, 4) is 0 Å². The number of benzene rings is 1.